The lowest BCUT2D eigenvalue weighted by molar-refractivity contribution is -0.115. The number of nitrogens with zero attached hydrogens (tertiary/aromatic N) is 1. The molecule has 1 heterocycles. The number of nitrogens with one attached hydrogen (secondary N) is 1. The van der Waals surface area contributed by atoms with Gasteiger partial charge >= 0.3 is 0 Å². The highest BCUT2D eigenvalue weighted by Crippen LogP contribution is 2.27. The van der Waals surface area contributed by atoms with Gasteiger partial charge in [-0.3, -0.25) is 10.1 Å². The first kappa shape index (κ1) is 16.3. The number of carbonyl (C=O) groups is 1. The van der Waals surface area contributed by atoms with E-state index in [0.717, 1.165) is 31.5 Å². The summed E-state index contributed by atoms with van der Waals surface area (Å²) in [5, 5.41) is 3.22. The zero-order valence-corrected chi connectivity index (χ0v) is 13.6. The molecular formula is C16H20N2O3S. The molecule has 0 aromatic heterocycles. The minimum absolute atomic E-state index is 0.230. The van der Waals surface area contributed by atoms with Crippen molar-refractivity contribution in [1.29, 1.82) is 0 Å². The summed E-state index contributed by atoms with van der Waals surface area (Å²) in [6, 6.07) is 5.45. The first-order chi connectivity index (χ1) is 10.6. The van der Waals surface area contributed by atoms with Crippen LogP contribution < -0.4 is 14.8 Å². The minimum Gasteiger partial charge on any atom is -0.493 e. The van der Waals surface area contributed by atoms with Gasteiger partial charge in [-0.15, -0.1) is 0 Å². The second-order valence-corrected chi connectivity index (χ2v) is 5.32. The molecule has 6 heteroatoms. The van der Waals surface area contributed by atoms with Crippen LogP contribution in [-0.2, 0) is 4.79 Å². The molecule has 1 saturated heterocycles. The average molecular weight is 320 g/mol. The van der Waals surface area contributed by atoms with Gasteiger partial charge in [0.1, 0.15) is 0 Å². The van der Waals surface area contributed by atoms with Crippen molar-refractivity contribution in [3.63, 3.8) is 0 Å². The van der Waals surface area contributed by atoms with Gasteiger partial charge in [-0.2, -0.15) is 0 Å². The lowest BCUT2D eigenvalue weighted by Gasteiger charge is -2.17. The molecule has 1 fully saturated rings. The molecule has 0 saturated carbocycles. The molecule has 1 aromatic rings. The molecule has 1 aromatic carbocycles. The molecule has 1 amide bonds. The molecule has 22 heavy (non-hydrogen) atoms. The van der Waals surface area contributed by atoms with Crippen LogP contribution in [0.2, 0.25) is 0 Å². The standard InChI is InChI=1S/C16H20N2O3S/c1-20-13-7-5-12(11-14(13)21-2)6-8-15(19)17-16(22)18-9-3-4-10-18/h5-8,11H,3-4,9-10H2,1-2H3,(H,17,19,22)/b8-6+. The Hall–Kier alpha value is -2.08. The first-order valence-electron chi connectivity index (χ1n) is 7.14. The van der Waals surface area contributed by atoms with Crippen LogP contribution in [0.5, 0.6) is 11.5 Å². The van der Waals surface area contributed by atoms with Crippen LogP contribution in [0.25, 0.3) is 6.08 Å². The summed E-state index contributed by atoms with van der Waals surface area (Å²) in [7, 11) is 3.16. The normalized spacial score (nSPS) is 14.2. The van der Waals surface area contributed by atoms with Gasteiger partial charge in [0.2, 0.25) is 5.91 Å². The summed E-state index contributed by atoms with van der Waals surface area (Å²) in [5.41, 5.74) is 0.847. The Morgan fingerprint density at radius 2 is 1.91 bits per heavy atom. The maximum atomic E-state index is 11.9. The highest BCUT2D eigenvalue weighted by molar-refractivity contribution is 7.80. The number of benzene rings is 1. The van der Waals surface area contributed by atoms with Crippen LogP contribution in [-0.4, -0.2) is 43.2 Å². The molecule has 0 radical (unpaired) electrons. The number of carbonyl (C=O) groups excluding carboxylic acids is 1. The molecule has 5 nitrogen and oxygen atoms in total. The Morgan fingerprint density at radius 3 is 2.55 bits per heavy atom. The smallest absolute Gasteiger partial charge is 0.250 e. The van der Waals surface area contributed by atoms with E-state index in [1.54, 1.807) is 32.4 Å². The van der Waals surface area contributed by atoms with Crippen LogP contribution in [0.4, 0.5) is 0 Å². The van der Waals surface area contributed by atoms with Gasteiger partial charge in [-0.1, -0.05) is 6.07 Å². The summed E-state index contributed by atoms with van der Waals surface area (Å²) < 4.78 is 10.4. The maximum absolute atomic E-state index is 11.9. The van der Waals surface area contributed by atoms with Gasteiger partial charge in [-0.05, 0) is 48.8 Å². The molecule has 0 unspecified atom stereocenters. The fourth-order valence-corrected chi connectivity index (χ4v) is 2.56. The number of likely N-dealkylation sites (tertiary alicyclic amines) is 1. The lowest BCUT2D eigenvalue weighted by atomic mass is 10.2. The Morgan fingerprint density at radius 1 is 1.23 bits per heavy atom. The van der Waals surface area contributed by atoms with Crippen LogP contribution >= 0.6 is 12.2 Å². The molecule has 1 aliphatic rings. The number of hydrogen-bond acceptors (Lipinski definition) is 4. The van der Waals surface area contributed by atoms with E-state index in [0.29, 0.717) is 16.6 Å². The van der Waals surface area contributed by atoms with Crippen molar-refractivity contribution in [2.24, 2.45) is 0 Å². The van der Waals surface area contributed by atoms with Crippen molar-refractivity contribution in [2.75, 3.05) is 27.3 Å². The molecule has 0 aliphatic carbocycles. The van der Waals surface area contributed by atoms with Crippen molar-refractivity contribution in [3.8, 4) is 11.5 Å². The molecule has 0 bridgehead atoms. The predicted octanol–water partition coefficient (Wildman–Crippen LogP) is 2.21. The second kappa shape index (κ2) is 7.79. The van der Waals surface area contributed by atoms with Gasteiger partial charge in [0.25, 0.3) is 0 Å². The van der Waals surface area contributed by atoms with E-state index in [2.05, 4.69) is 5.32 Å². The Labute approximate surface area is 135 Å². The third-order valence-corrected chi connectivity index (χ3v) is 3.82. The van der Waals surface area contributed by atoms with Crippen LogP contribution in [0.1, 0.15) is 18.4 Å². The summed E-state index contributed by atoms with van der Waals surface area (Å²) >= 11 is 5.22. The summed E-state index contributed by atoms with van der Waals surface area (Å²) in [6.07, 6.45) is 5.42. The summed E-state index contributed by atoms with van der Waals surface area (Å²) in [5.74, 6) is 1.05. The van der Waals surface area contributed by atoms with Crippen LogP contribution in [0.3, 0.4) is 0 Å². The number of ether oxygens (including phenoxy) is 2. The zero-order chi connectivity index (χ0) is 15.9. The van der Waals surface area contributed by atoms with E-state index in [-0.39, 0.29) is 5.91 Å². The first-order valence-corrected chi connectivity index (χ1v) is 7.55. The Kier molecular flexibility index (Phi) is 5.77. The monoisotopic (exact) mass is 320 g/mol. The number of hydrogen-bond donors (Lipinski definition) is 1. The van der Waals surface area contributed by atoms with Crippen molar-refractivity contribution >= 4 is 29.3 Å². The third kappa shape index (κ3) is 4.21. The van der Waals surface area contributed by atoms with E-state index >= 15 is 0 Å². The predicted molar refractivity (Wildman–Crippen MR) is 90.1 cm³/mol. The van der Waals surface area contributed by atoms with E-state index in [1.807, 2.05) is 11.0 Å². The maximum Gasteiger partial charge on any atom is 0.250 e. The Balaban J connectivity index is 1.95. The molecule has 0 spiro atoms. The van der Waals surface area contributed by atoms with Crippen molar-refractivity contribution in [2.45, 2.75) is 12.8 Å². The molecule has 1 N–H and O–H groups in total. The summed E-state index contributed by atoms with van der Waals surface area (Å²) in [4.78, 5) is 13.9. The highest BCUT2D eigenvalue weighted by atomic mass is 32.1. The summed E-state index contributed by atoms with van der Waals surface area (Å²) in [6.45, 7) is 1.83. The van der Waals surface area contributed by atoms with Gasteiger partial charge in [0, 0.05) is 19.2 Å². The number of amides is 1. The fraction of sp³-hybridized carbons (Fsp3) is 0.375. The molecule has 118 valence electrons. The Bertz CT molecular complexity index is 581. The van der Waals surface area contributed by atoms with E-state index in [9.17, 15) is 4.79 Å². The van der Waals surface area contributed by atoms with Crippen LogP contribution in [0, 0.1) is 0 Å². The van der Waals surface area contributed by atoms with E-state index < -0.39 is 0 Å². The number of thiocarbonyl (C=S) groups is 1. The topological polar surface area (TPSA) is 50.8 Å². The zero-order valence-electron chi connectivity index (χ0n) is 12.8. The molecule has 0 atom stereocenters. The van der Waals surface area contributed by atoms with Crippen LogP contribution in [0.15, 0.2) is 24.3 Å². The van der Waals surface area contributed by atoms with Gasteiger partial charge in [0.15, 0.2) is 16.6 Å². The molecule has 1 aliphatic heterocycles. The second-order valence-electron chi connectivity index (χ2n) is 4.94. The van der Waals surface area contributed by atoms with Gasteiger partial charge in [-0.25, -0.2) is 0 Å². The number of rotatable bonds is 4. The van der Waals surface area contributed by atoms with Gasteiger partial charge < -0.3 is 14.4 Å². The minimum atomic E-state index is -0.230. The van der Waals surface area contributed by atoms with Gasteiger partial charge in [0.05, 0.1) is 14.2 Å². The van der Waals surface area contributed by atoms with Crippen molar-refractivity contribution in [3.05, 3.63) is 29.8 Å². The van der Waals surface area contributed by atoms with E-state index in [1.165, 1.54) is 6.08 Å². The number of methoxy groups -OCH3 is 2. The SMILES string of the molecule is COc1ccc(/C=C/C(=O)NC(=S)N2CCCC2)cc1OC. The lowest BCUT2D eigenvalue weighted by Crippen LogP contribution is -2.40. The van der Waals surface area contributed by atoms with E-state index in [4.69, 9.17) is 21.7 Å². The largest absolute Gasteiger partial charge is 0.493 e. The van der Waals surface area contributed by atoms with Crippen molar-refractivity contribution < 1.29 is 14.3 Å². The quantitative estimate of drug-likeness (QED) is 0.681. The molecule has 2 rings (SSSR count). The third-order valence-electron chi connectivity index (χ3n) is 3.46. The van der Waals surface area contributed by atoms with Crippen molar-refractivity contribution in [1.82, 2.24) is 10.2 Å². The average Bonchev–Trinajstić information content (AvgIpc) is 3.07. The fourth-order valence-electron chi connectivity index (χ4n) is 2.27. The molecular weight excluding hydrogens is 300 g/mol. The highest BCUT2D eigenvalue weighted by Gasteiger charge is 2.15.